The summed E-state index contributed by atoms with van der Waals surface area (Å²) in [6.07, 6.45) is 0. The van der Waals surface area contributed by atoms with Crippen molar-refractivity contribution in [1.82, 2.24) is 9.97 Å². The Kier molecular flexibility index (Phi) is 5.84. The van der Waals surface area contributed by atoms with Gasteiger partial charge in [0.05, 0.1) is 35.3 Å². The highest BCUT2D eigenvalue weighted by Gasteiger charge is 2.24. The molecule has 28 heavy (non-hydrogen) atoms. The Bertz CT molecular complexity index is 1060. The van der Waals surface area contributed by atoms with Gasteiger partial charge in [-0.1, -0.05) is 12.1 Å². The highest BCUT2D eigenvalue weighted by molar-refractivity contribution is 6.15. The van der Waals surface area contributed by atoms with Crippen LogP contribution in [0.15, 0.2) is 53.7 Å². The molecule has 3 aromatic rings. The molecule has 7 nitrogen and oxygen atoms in total. The lowest BCUT2D eigenvalue weighted by atomic mass is 10.2. The Labute approximate surface area is 162 Å². The van der Waals surface area contributed by atoms with E-state index in [0.29, 0.717) is 16.9 Å². The van der Waals surface area contributed by atoms with E-state index in [-0.39, 0.29) is 18.8 Å². The number of anilines is 1. The van der Waals surface area contributed by atoms with Crippen molar-refractivity contribution in [2.24, 2.45) is 0 Å². The van der Waals surface area contributed by atoms with Crippen LogP contribution in [0.25, 0.3) is 22.1 Å². The topological polar surface area (TPSA) is 90.4 Å². The predicted molar refractivity (Wildman–Crippen MR) is 107 cm³/mol. The number of hydrogen-bond acceptors (Lipinski definition) is 7. The summed E-state index contributed by atoms with van der Waals surface area (Å²) in [5.41, 5.74) is 3.91. The van der Waals surface area contributed by atoms with Gasteiger partial charge in [-0.15, -0.1) is 0 Å². The Balaban J connectivity index is 1.97. The molecule has 2 aromatic carbocycles. The summed E-state index contributed by atoms with van der Waals surface area (Å²) in [4.78, 5) is 33.6. The van der Waals surface area contributed by atoms with Crippen LogP contribution in [0.3, 0.4) is 0 Å². The number of para-hydroxylation sites is 2. The largest absolute Gasteiger partial charge is 0.462 e. The van der Waals surface area contributed by atoms with Crippen molar-refractivity contribution in [2.75, 3.05) is 18.5 Å². The number of carbonyl (C=O) groups excluding carboxylic acids is 2. The van der Waals surface area contributed by atoms with Crippen LogP contribution in [0.2, 0.25) is 0 Å². The predicted octanol–water partition coefficient (Wildman–Crippen LogP) is 3.60. The van der Waals surface area contributed by atoms with Crippen molar-refractivity contribution >= 4 is 39.7 Å². The van der Waals surface area contributed by atoms with Gasteiger partial charge in [0.15, 0.2) is 5.57 Å². The second-order valence-electron chi connectivity index (χ2n) is 5.98. The van der Waals surface area contributed by atoms with E-state index in [1.807, 2.05) is 42.5 Å². The number of aromatic nitrogens is 2. The third kappa shape index (κ3) is 4.09. The lowest BCUT2D eigenvalue weighted by Crippen LogP contribution is -2.22. The van der Waals surface area contributed by atoms with Crippen molar-refractivity contribution in [3.8, 4) is 0 Å². The molecule has 144 valence electrons. The molecular weight excluding hydrogens is 358 g/mol. The van der Waals surface area contributed by atoms with Crippen LogP contribution in [0, 0.1) is 0 Å². The van der Waals surface area contributed by atoms with Crippen LogP contribution >= 0.6 is 0 Å². The first-order chi connectivity index (χ1) is 13.5. The van der Waals surface area contributed by atoms with Gasteiger partial charge in [0.1, 0.15) is 0 Å². The van der Waals surface area contributed by atoms with E-state index in [1.54, 1.807) is 20.8 Å². The molecule has 0 bridgehead atoms. The summed E-state index contributed by atoms with van der Waals surface area (Å²) >= 11 is 0. The maximum absolute atomic E-state index is 12.2. The van der Waals surface area contributed by atoms with Crippen molar-refractivity contribution < 1.29 is 19.1 Å². The highest BCUT2D eigenvalue weighted by atomic mass is 16.6. The average molecular weight is 379 g/mol. The van der Waals surface area contributed by atoms with Crippen molar-refractivity contribution in [1.29, 1.82) is 0 Å². The maximum atomic E-state index is 12.2. The normalized spacial score (nSPS) is 10.5. The summed E-state index contributed by atoms with van der Waals surface area (Å²) in [7, 11) is 0. The maximum Gasteiger partial charge on any atom is 0.347 e. The van der Waals surface area contributed by atoms with E-state index in [0.717, 1.165) is 16.6 Å². The third-order valence-corrected chi connectivity index (χ3v) is 4.00. The molecule has 0 aliphatic heterocycles. The Morgan fingerprint density at radius 1 is 0.857 bits per heavy atom. The molecule has 1 N–H and O–H groups in total. The highest BCUT2D eigenvalue weighted by Crippen LogP contribution is 2.21. The Hall–Kier alpha value is -3.48. The van der Waals surface area contributed by atoms with Gasteiger partial charge in [-0.25, -0.2) is 19.6 Å². The number of hydrogen-bond donors (Lipinski definition) is 1. The van der Waals surface area contributed by atoms with Crippen LogP contribution in [0.5, 0.6) is 0 Å². The molecule has 0 atom stereocenters. The van der Waals surface area contributed by atoms with Crippen molar-refractivity contribution in [2.45, 2.75) is 20.8 Å². The molecule has 0 spiro atoms. The zero-order chi connectivity index (χ0) is 20.1. The van der Waals surface area contributed by atoms with Gasteiger partial charge in [0.25, 0.3) is 0 Å². The molecule has 0 aliphatic carbocycles. The number of ether oxygens (including phenoxy) is 2. The Morgan fingerprint density at radius 3 is 1.96 bits per heavy atom. The average Bonchev–Trinajstić information content (AvgIpc) is 2.67. The van der Waals surface area contributed by atoms with Gasteiger partial charge in [0.2, 0.25) is 0 Å². The number of benzene rings is 2. The smallest absolute Gasteiger partial charge is 0.347 e. The second-order valence-corrected chi connectivity index (χ2v) is 5.98. The molecule has 1 heterocycles. The SMILES string of the molecule is CCOC(=O)C(C(=O)OCC)=C(C)Nc1ccc2nc3ccccc3nc2c1. The number of rotatable bonds is 6. The summed E-state index contributed by atoms with van der Waals surface area (Å²) in [5.74, 6) is -1.45. The quantitative estimate of drug-likeness (QED) is 0.230. The fourth-order valence-electron chi connectivity index (χ4n) is 2.77. The third-order valence-electron chi connectivity index (χ3n) is 4.00. The summed E-state index contributed by atoms with van der Waals surface area (Å²) in [5, 5.41) is 3.07. The number of allylic oxidation sites excluding steroid dienone is 1. The van der Waals surface area contributed by atoms with Crippen molar-refractivity contribution in [3.05, 3.63) is 53.7 Å². The second kappa shape index (κ2) is 8.47. The first kappa shape index (κ1) is 19.3. The van der Waals surface area contributed by atoms with Gasteiger partial charge < -0.3 is 14.8 Å². The van der Waals surface area contributed by atoms with E-state index in [2.05, 4.69) is 15.3 Å². The van der Waals surface area contributed by atoms with Crippen LogP contribution in [0.1, 0.15) is 20.8 Å². The van der Waals surface area contributed by atoms with Crippen LogP contribution in [-0.4, -0.2) is 35.1 Å². The zero-order valence-electron chi connectivity index (χ0n) is 16.0. The number of carbonyl (C=O) groups is 2. The van der Waals surface area contributed by atoms with E-state index in [4.69, 9.17) is 9.47 Å². The van der Waals surface area contributed by atoms with E-state index in [9.17, 15) is 9.59 Å². The first-order valence-electron chi connectivity index (χ1n) is 9.02. The molecule has 1 aromatic heterocycles. The standard InChI is InChI=1S/C21H21N3O4/c1-4-27-20(25)19(21(26)28-5-2)13(3)22-14-10-11-17-18(12-14)24-16-9-7-6-8-15(16)23-17/h6-12,22H,4-5H2,1-3H3. The molecule has 0 saturated heterocycles. The van der Waals surface area contributed by atoms with Crippen LogP contribution < -0.4 is 5.32 Å². The molecule has 0 aliphatic rings. The van der Waals surface area contributed by atoms with Gasteiger partial charge in [-0.2, -0.15) is 0 Å². The lowest BCUT2D eigenvalue weighted by Gasteiger charge is -2.13. The van der Waals surface area contributed by atoms with Gasteiger partial charge in [-0.3, -0.25) is 0 Å². The number of nitrogens with one attached hydrogen (secondary N) is 1. The molecule has 0 amide bonds. The summed E-state index contributed by atoms with van der Waals surface area (Å²) in [6.45, 7) is 5.30. The van der Waals surface area contributed by atoms with Crippen molar-refractivity contribution in [3.63, 3.8) is 0 Å². The molecule has 0 radical (unpaired) electrons. The molecule has 7 heteroatoms. The molecule has 3 rings (SSSR count). The van der Waals surface area contributed by atoms with Gasteiger partial charge in [-0.05, 0) is 51.1 Å². The number of fused-ring (bicyclic) bond motifs is 2. The minimum atomic E-state index is -0.725. The fraction of sp³-hybridized carbons (Fsp3) is 0.238. The number of esters is 2. The lowest BCUT2D eigenvalue weighted by molar-refractivity contribution is -0.146. The summed E-state index contributed by atoms with van der Waals surface area (Å²) < 4.78 is 9.98. The Morgan fingerprint density at radius 2 is 1.39 bits per heavy atom. The minimum Gasteiger partial charge on any atom is -0.462 e. The monoisotopic (exact) mass is 379 g/mol. The van der Waals surface area contributed by atoms with Crippen LogP contribution in [-0.2, 0) is 19.1 Å². The molecule has 0 unspecified atom stereocenters. The van der Waals surface area contributed by atoms with E-state index < -0.39 is 11.9 Å². The van der Waals surface area contributed by atoms with Gasteiger partial charge in [0, 0.05) is 11.4 Å². The van der Waals surface area contributed by atoms with Crippen LogP contribution in [0.4, 0.5) is 5.69 Å². The minimum absolute atomic E-state index is 0.159. The van der Waals surface area contributed by atoms with Gasteiger partial charge >= 0.3 is 11.9 Å². The number of nitrogens with zero attached hydrogens (tertiary/aromatic N) is 2. The summed E-state index contributed by atoms with van der Waals surface area (Å²) in [6, 6.07) is 13.1. The fourth-order valence-corrected chi connectivity index (χ4v) is 2.77. The zero-order valence-corrected chi connectivity index (χ0v) is 16.0. The molecule has 0 saturated carbocycles. The molecular formula is C21H21N3O4. The molecule has 0 fully saturated rings. The van der Waals surface area contributed by atoms with E-state index >= 15 is 0 Å². The first-order valence-corrected chi connectivity index (χ1v) is 9.02. The van der Waals surface area contributed by atoms with E-state index in [1.165, 1.54) is 0 Å².